The molecule has 0 saturated heterocycles. The first-order chi connectivity index (χ1) is 14.6. The van der Waals surface area contributed by atoms with Crippen molar-refractivity contribution < 1.29 is 29.5 Å². The van der Waals surface area contributed by atoms with Crippen molar-refractivity contribution in [2.24, 2.45) is 0 Å². The van der Waals surface area contributed by atoms with Crippen LogP contribution in [0.4, 0.5) is 11.6 Å². The van der Waals surface area contributed by atoms with Gasteiger partial charge in [-0.15, -0.1) is 4.68 Å². The molecule has 0 atom stereocenters. The van der Waals surface area contributed by atoms with Crippen LogP contribution in [0.2, 0.25) is 0 Å². The summed E-state index contributed by atoms with van der Waals surface area (Å²) in [6, 6.07) is 7.03. The molecule has 13 nitrogen and oxygen atoms in total. The number of hydrogen-bond acceptors (Lipinski definition) is 8. The number of benzene rings is 1. The number of aromatic amines is 1. The van der Waals surface area contributed by atoms with Crippen LogP contribution in [0.15, 0.2) is 35.1 Å². The molecule has 0 aliphatic rings. The van der Waals surface area contributed by atoms with E-state index in [1.54, 1.807) is 6.92 Å². The molecule has 3 aromatic rings. The number of nitro groups is 1. The minimum Gasteiger partial charge on any atom is -0.478 e. The van der Waals surface area contributed by atoms with Crippen LogP contribution < -0.4 is 16.0 Å². The van der Waals surface area contributed by atoms with Gasteiger partial charge < -0.3 is 35.8 Å². The molecule has 2 heterocycles. The highest BCUT2D eigenvalue weighted by Crippen LogP contribution is 2.36. The van der Waals surface area contributed by atoms with E-state index in [4.69, 9.17) is 10.5 Å². The van der Waals surface area contributed by atoms with Crippen LogP contribution in [0.25, 0.3) is 11.1 Å². The van der Waals surface area contributed by atoms with Crippen molar-refractivity contribution in [1.29, 1.82) is 0 Å². The lowest BCUT2D eigenvalue weighted by Crippen LogP contribution is -2.24. The lowest BCUT2D eigenvalue weighted by atomic mass is 9.95. The van der Waals surface area contributed by atoms with Crippen LogP contribution in [-0.4, -0.2) is 41.8 Å². The fourth-order valence-corrected chi connectivity index (χ4v) is 2.96. The lowest BCUT2D eigenvalue weighted by Gasteiger charge is -2.15. The Morgan fingerprint density at radius 1 is 1.26 bits per heavy atom. The molecular weight excluding hydrogens is 414 g/mol. The zero-order valence-corrected chi connectivity index (χ0v) is 15.9. The maximum absolute atomic E-state index is 12.2. The third-order valence-electron chi connectivity index (χ3n) is 4.33. The molecule has 0 radical (unpaired) electrons. The normalized spacial score (nSPS) is 10.6. The van der Waals surface area contributed by atoms with Crippen molar-refractivity contribution in [3.05, 3.63) is 67.6 Å². The van der Waals surface area contributed by atoms with E-state index in [9.17, 15) is 34.7 Å². The number of pyridine rings is 1. The minimum absolute atomic E-state index is 0.00931. The number of anilines is 1. The van der Waals surface area contributed by atoms with Crippen molar-refractivity contribution in [3.8, 4) is 16.9 Å². The Morgan fingerprint density at radius 3 is 2.48 bits per heavy atom. The smallest absolute Gasteiger partial charge is 0.390 e. The van der Waals surface area contributed by atoms with Gasteiger partial charge in [0.05, 0.1) is 16.9 Å². The maximum Gasteiger partial charge on any atom is 0.390 e. The van der Waals surface area contributed by atoms with E-state index in [2.05, 4.69) is 5.10 Å². The van der Waals surface area contributed by atoms with Crippen LogP contribution in [0.5, 0.6) is 5.75 Å². The summed E-state index contributed by atoms with van der Waals surface area (Å²) in [4.78, 5) is 48.0. The molecule has 3 rings (SSSR count). The Bertz CT molecular complexity index is 1280. The number of aromatic nitrogens is 3. The summed E-state index contributed by atoms with van der Waals surface area (Å²) in [5.74, 6) is -4.12. The largest absolute Gasteiger partial charge is 0.478 e. The highest BCUT2D eigenvalue weighted by molar-refractivity contribution is 6.08. The highest BCUT2D eigenvalue weighted by atomic mass is 16.6. The van der Waals surface area contributed by atoms with Gasteiger partial charge in [-0.2, -0.15) is 0 Å². The van der Waals surface area contributed by atoms with Gasteiger partial charge in [-0.1, -0.05) is 18.2 Å². The van der Waals surface area contributed by atoms with Gasteiger partial charge in [-0.3, -0.25) is 4.79 Å². The van der Waals surface area contributed by atoms with Crippen molar-refractivity contribution >= 4 is 23.6 Å². The van der Waals surface area contributed by atoms with Gasteiger partial charge in [-0.25, -0.2) is 9.59 Å². The summed E-state index contributed by atoms with van der Waals surface area (Å²) in [7, 11) is 0. The van der Waals surface area contributed by atoms with Crippen molar-refractivity contribution in [2.45, 2.75) is 13.7 Å². The predicted octanol–water partition coefficient (Wildman–Crippen LogP) is 1.47. The number of carboxylic acid groups (broad SMARTS) is 2. The Kier molecular flexibility index (Phi) is 5.42. The number of nitrogen functional groups attached to an aromatic ring is 1. The number of H-pyrrole nitrogens is 1. The Morgan fingerprint density at radius 2 is 1.90 bits per heavy atom. The summed E-state index contributed by atoms with van der Waals surface area (Å²) < 4.78 is 6.83. The third kappa shape index (κ3) is 3.91. The molecule has 0 spiro atoms. The number of nitrogens with one attached hydrogen (secondary N) is 1. The van der Waals surface area contributed by atoms with E-state index < -0.39 is 50.7 Å². The Balaban J connectivity index is 2.15. The molecular formula is C18H15N5O8. The van der Waals surface area contributed by atoms with Crippen LogP contribution in [0.1, 0.15) is 26.4 Å². The van der Waals surface area contributed by atoms with Crippen LogP contribution in [0.3, 0.4) is 0 Å². The molecule has 13 heteroatoms. The van der Waals surface area contributed by atoms with Gasteiger partial charge in [-0.05, 0) is 17.9 Å². The average molecular weight is 429 g/mol. The third-order valence-corrected chi connectivity index (χ3v) is 4.33. The summed E-state index contributed by atoms with van der Waals surface area (Å²) in [6.45, 7) is 1.26. The van der Waals surface area contributed by atoms with Crippen molar-refractivity contribution in [1.82, 2.24) is 14.8 Å². The van der Waals surface area contributed by atoms with Gasteiger partial charge in [0.15, 0.2) is 0 Å². The molecule has 0 amide bonds. The number of aromatic carboxylic acids is 2. The molecule has 0 unspecified atom stereocenters. The molecule has 0 aliphatic carbocycles. The molecule has 5 N–H and O–H groups in total. The van der Waals surface area contributed by atoms with Gasteiger partial charge in [0, 0.05) is 11.1 Å². The van der Waals surface area contributed by atoms with Crippen molar-refractivity contribution in [3.63, 3.8) is 0 Å². The summed E-state index contributed by atoms with van der Waals surface area (Å²) in [5, 5.41) is 33.8. The maximum atomic E-state index is 12.2. The van der Waals surface area contributed by atoms with Crippen LogP contribution in [-0.2, 0) is 6.73 Å². The van der Waals surface area contributed by atoms with E-state index in [1.807, 2.05) is 4.98 Å². The second kappa shape index (κ2) is 7.98. The number of nitrogens with zero attached hydrogens (tertiary/aromatic N) is 3. The number of rotatable bonds is 7. The fourth-order valence-electron chi connectivity index (χ4n) is 2.96. The second-order valence-corrected chi connectivity index (χ2v) is 6.27. The molecule has 0 aliphatic heterocycles. The first kappa shape index (κ1) is 21.0. The van der Waals surface area contributed by atoms with Gasteiger partial charge in [0.1, 0.15) is 22.7 Å². The lowest BCUT2D eigenvalue weighted by molar-refractivity contribution is -0.389. The number of nitrogens with two attached hydrogens (primary N) is 1. The predicted molar refractivity (Wildman–Crippen MR) is 105 cm³/mol. The van der Waals surface area contributed by atoms with Gasteiger partial charge in [0.2, 0.25) is 6.73 Å². The first-order valence-corrected chi connectivity index (χ1v) is 8.55. The van der Waals surface area contributed by atoms with E-state index in [1.165, 1.54) is 35.0 Å². The molecule has 0 bridgehead atoms. The Hall–Kier alpha value is -4.68. The number of aryl methyl sites for hydroxylation is 1. The Labute approximate surface area is 172 Å². The zero-order valence-electron chi connectivity index (χ0n) is 15.9. The van der Waals surface area contributed by atoms with E-state index in [0.717, 1.165) is 0 Å². The van der Waals surface area contributed by atoms with Gasteiger partial charge >= 0.3 is 17.8 Å². The monoisotopic (exact) mass is 429 g/mol. The number of ether oxygens (including phenoxy) is 1. The molecule has 0 saturated carbocycles. The van der Waals surface area contributed by atoms with Crippen molar-refractivity contribution in [2.75, 3.05) is 5.73 Å². The highest BCUT2D eigenvalue weighted by Gasteiger charge is 2.28. The van der Waals surface area contributed by atoms with E-state index in [-0.39, 0.29) is 18.0 Å². The van der Waals surface area contributed by atoms with Gasteiger partial charge in [0.25, 0.3) is 5.56 Å². The van der Waals surface area contributed by atoms with E-state index >= 15 is 0 Å². The molecule has 160 valence electrons. The average Bonchev–Trinajstić information content (AvgIpc) is 3.06. The van der Waals surface area contributed by atoms with Crippen LogP contribution >= 0.6 is 0 Å². The molecule has 1 aromatic carbocycles. The minimum atomic E-state index is -1.66. The number of carboxylic acids is 2. The second-order valence-electron chi connectivity index (χ2n) is 6.27. The summed E-state index contributed by atoms with van der Waals surface area (Å²) in [6.07, 6.45) is 0. The summed E-state index contributed by atoms with van der Waals surface area (Å²) in [5.41, 5.74) is 3.09. The van der Waals surface area contributed by atoms with Crippen LogP contribution in [0, 0.1) is 17.0 Å². The first-order valence-electron chi connectivity index (χ1n) is 8.55. The topological polar surface area (TPSA) is 204 Å². The SMILES string of the molecule is Cc1cc([N+](=O)[O-])nn1COc1ccccc1-c1c(C(=O)O)c(N)[nH]c(=O)c1C(=O)O. The van der Waals surface area contributed by atoms with E-state index in [0.29, 0.717) is 5.69 Å². The standard InChI is InChI=1S/C18H15N5O8/c1-8-6-11(23(29)30)21-22(8)7-31-10-5-3-2-4-9(10)12-13(17(25)26)15(19)20-16(24)14(12)18(27)28/h2-6H,7H2,1H3,(H,25,26)(H,27,28)(H3,19,20,24). The zero-order chi connectivity index (χ0) is 22.9. The summed E-state index contributed by atoms with van der Waals surface area (Å²) >= 11 is 0. The quantitative estimate of drug-likeness (QED) is 0.314. The number of para-hydroxylation sites is 1. The number of carbonyl (C=O) groups is 2. The molecule has 2 aromatic heterocycles. The fraction of sp³-hybridized carbons (Fsp3) is 0.111. The molecule has 0 fully saturated rings. The molecule has 31 heavy (non-hydrogen) atoms. The number of hydrogen-bond donors (Lipinski definition) is 4.